The van der Waals surface area contributed by atoms with Gasteiger partial charge in [-0.25, -0.2) is 4.79 Å². The number of esters is 1. The zero-order chi connectivity index (χ0) is 14.5. The van der Waals surface area contributed by atoms with E-state index in [9.17, 15) is 9.59 Å². The third-order valence-electron chi connectivity index (χ3n) is 3.26. The first-order valence-electron chi connectivity index (χ1n) is 6.51. The van der Waals surface area contributed by atoms with Crippen LogP contribution in [-0.2, 0) is 9.53 Å². The first-order chi connectivity index (χ1) is 9.60. The molecule has 1 atom stereocenters. The van der Waals surface area contributed by atoms with Gasteiger partial charge in [0.2, 0.25) is 5.91 Å². The lowest BCUT2D eigenvalue weighted by molar-refractivity contribution is -0.116. The van der Waals surface area contributed by atoms with Gasteiger partial charge in [0.05, 0.1) is 18.4 Å². The maximum Gasteiger partial charge on any atom is 0.339 e. The first-order valence-corrected chi connectivity index (χ1v) is 6.89. The number of carbonyl (C=O) groups excluding carboxylic acids is 2. The molecule has 108 valence electrons. The molecule has 6 heteroatoms. The van der Waals surface area contributed by atoms with Gasteiger partial charge in [0, 0.05) is 17.5 Å². The van der Waals surface area contributed by atoms with Gasteiger partial charge in [0.1, 0.15) is 0 Å². The van der Waals surface area contributed by atoms with Crippen molar-refractivity contribution in [3.8, 4) is 0 Å². The Hall–Kier alpha value is -1.59. The molecular weight excluding hydrogens is 280 g/mol. The van der Waals surface area contributed by atoms with E-state index in [0.29, 0.717) is 22.7 Å². The van der Waals surface area contributed by atoms with E-state index in [0.717, 1.165) is 19.4 Å². The van der Waals surface area contributed by atoms with Crippen LogP contribution in [0, 0.1) is 0 Å². The number of amides is 1. The maximum absolute atomic E-state index is 12.0. The number of carbonyl (C=O) groups is 2. The fourth-order valence-corrected chi connectivity index (χ4v) is 2.44. The molecule has 1 aromatic rings. The van der Waals surface area contributed by atoms with E-state index >= 15 is 0 Å². The highest BCUT2D eigenvalue weighted by atomic mass is 35.5. The number of hydrogen-bond donors (Lipinski definition) is 2. The molecule has 0 aromatic heterocycles. The Labute approximate surface area is 122 Å². The van der Waals surface area contributed by atoms with E-state index in [2.05, 4.69) is 15.4 Å². The summed E-state index contributed by atoms with van der Waals surface area (Å²) in [6.07, 6.45) is 2.46. The Morgan fingerprint density at radius 1 is 1.50 bits per heavy atom. The van der Waals surface area contributed by atoms with Gasteiger partial charge >= 0.3 is 5.97 Å². The molecule has 0 aliphatic carbocycles. The molecule has 0 spiro atoms. The van der Waals surface area contributed by atoms with Crippen molar-refractivity contribution < 1.29 is 14.3 Å². The van der Waals surface area contributed by atoms with Gasteiger partial charge in [-0.05, 0) is 37.6 Å². The van der Waals surface area contributed by atoms with E-state index in [1.807, 2.05) is 0 Å². The normalized spacial score (nSPS) is 17.8. The lowest BCUT2D eigenvalue weighted by Gasteiger charge is -2.13. The number of rotatable bonds is 4. The van der Waals surface area contributed by atoms with Crippen LogP contribution in [0.15, 0.2) is 18.2 Å². The summed E-state index contributed by atoms with van der Waals surface area (Å²) in [5, 5.41) is 6.43. The van der Waals surface area contributed by atoms with Crippen molar-refractivity contribution in [3.63, 3.8) is 0 Å². The predicted octanol–water partition coefficient (Wildman–Crippen LogP) is 2.21. The maximum atomic E-state index is 12.0. The summed E-state index contributed by atoms with van der Waals surface area (Å²) in [4.78, 5) is 23.6. The van der Waals surface area contributed by atoms with Gasteiger partial charge in [0.25, 0.3) is 0 Å². The van der Waals surface area contributed by atoms with Crippen molar-refractivity contribution in [1.82, 2.24) is 5.32 Å². The van der Waals surface area contributed by atoms with E-state index in [1.54, 1.807) is 12.1 Å². The van der Waals surface area contributed by atoms with Crippen molar-refractivity contribution >= 4 is 29.2 Å². The van der Waals surface area contributed by atoms with E-state index < -0.39 is 5.97 Å². The molecule has 1 heterocycles. The van der Waals surface area contributed by atoms with Gasteiger partial charge in [-0.15, -0.1) is 0 Å². The number of ether oxygens (including phenoxy) is 1. The van der Waals surface area contributed by atoms with Crippen LogP contribution in [0.1, 0.15) is 29.6 Å². The summed E-state index contributed by atoms with van der Waals surface area (Å²) in [6.45, 7) is 0.947. The van der Waals surface area contributed by atoms with Crippen molar-refractivity contribution in [2.45, 2.75) is 25.3 Å². The van der Waals surface area contributed by atoms with Crippen LogP contribution < -0.4 is 10.6 Å². The topological polar surface area (TPSA) is 67.4 Å². The Morgan fingerprint density at radius 3 is 2.95 bits per heavy atom. The molecule has 0 saturated carbocycles. The molecule has 5 nitrogen and oxygen atoms in total. The molecule has 1 aliphatic heterocycles. The van der Waals surface area contributed by atoms with Gasteiger partial charge in [0.15, 0.2) is 0 Å². The van der Waals surface area contributed by atoms with Crippen molar-refractivity contribution in [1.29, 1.82) is 0 Å². The number of nitrogens with one attached hydrogen (secondary N) is 2. The number of anilines is 1. The van der Waals surface area contributed by atoms with E-state index in [1.165, 1.54) is 13.2 Å². The minimum Gasteiger partial charge on any atom is -0.465 e. The molecule has 2 N–H and O–H groups in total. The van der Waals surface area contributed by atoms with Gasteiger partial charge in [-0.3, -0.25) is 4.79 Å². The Balaban J connectivity index is 2.08. The second kappa shape index (κ2) is 6.72. The zero-order valence-electron chi connectivity index (χ0n) is 11.2. The van der Waals surface area contributed by atoms with Crippen LogP contribution in [0.25, 0.3) is 0 Å². The standard InChI is InChI=1S/C14H17ClN2O3/c1-20-14(19)11-5-4-9(15)7-12(11)17-13(18)8-10-3-2-6-16-10/h4-5,7,10,16H,2-3,6,8H2,1H3,(H,17,18). The van der Waals surface area contributed by atoms with Gasteiger partial charge in [-0.2, -0.15) is 0 Å². The van der Waals surface area contributed by atoms with E-state index in [4.69, 9.17) is 11.6 Å². The average molecular weight is 297 g/mol. The molecule has 1 aliphatic rings. The van der Waals surface area contributed by atoms with Crippen LogP contribution in [0.4, 0.5) is 5.69 Å². The summed E-state index contributed by atoms with van der Waals surface area (Å²) < 4.78 is 4.69. The SMILES string of the molecule is COC(=O)c1ccc(Cl)cc1NC(=O)CC1CCCN1. The number of halogens is 1. The second-order valence-corrected chi connectivity index (χ2v) is 5.16. The molecule has 2 rings (SSSR count). The molecule has 1 saturated heterocycles. The minimum atomic E-state index is -0.504. The summed E-state index contributed by atoms with van der Waals surface area (Å²) in [5.74, 6) is -0.646. The summed E-state index contributed by atoms with van der Waals surface area (Å²) >= 11 is 5.90. The van der Waals surface area contributed by atoms with Crippen LogP contribution in [0.3, 0.4) is 0 Å². The molecule has 1 fully saturated rings. The quantitative estimate of drug-likeness (QED) is 0.836. The second-order valence-electron chi connectivity index (χ2n) is 4.73. The fourth-order valence-electron chi connectivity index (χ4n) is 2.26. The van der Waals surface area contributed by atoms with Crippen LogP contribution >= 0.6 is 11.6 Å². The molecule has 1 unspecified atom stereocenters. The highest BCUT2D eigenvalue weighted by Crippen LogP contribution is 2.22. The summed E-state index contributed by atoms with van der Waals surface area (Å²) in [6, 6.07) is 4.88. The van der Waals surface area contributed by atoms with Crippen molar-refractivity contribution in [2.75, 3.05) is 19.0 Å². The highest BCUT2D eigenvalue weighted by Gasteiger charge is 2.19. The molecule has 20 heavy (non-hydrogen) atoms. The first kappa shape index (κ1) is 14.8. The Morgan fingerprint density at radius 2 is 2.30 bits per heavy atom. The number of hydrogen-bond acceptors (Lipinski definition) is 4. The van der Waals surface area contributed by atoms with Crippen molar-refractivity contribution in [2.24, 2.45) is 0 Å². The smallest absolute Gasteiger partial charge is 0.339 e. The van der Waals surface area contributed by atoms with Crippen LogP contribution in [0.2, 0.25) is 5.02 Å². The Kier molecular flexibility index (Phi) is 4.98. The third-order valence-corrected chi connectivity index (χ3v) is 3.49. The molecule has 0 radical (unpaired) electrons. The fraction of sp³-hybridized carbons (Fsp3) is 0.429. The molecular formula is C14H17ClN2O3. The van der Waals surface area contributed by atoms with Gasteiger partial charge < -0.3 is 15.4 Å². The highest BCUT2D eigenvalue weighted by molar-refractivity contribution is 6.31. The average Bonchev–Trinajstić information content (AvgIpc) is 2.90. The largest absolute Gasteiger partial charge is 0.465 e. The molecule has 1 aromatic carbocycles. The lowest BCUT2D eigenvalue weighted by Crippen LogP contribution is -2.27. The number of benzene rings is 1. The minimum absolute atomic E-state index is 0.142. The third kappa shape index (κ3) is 3.71. The number of methoxy groups -OCH3 is 1. The Bertz CT molecular complexity index is 513. The zero-order valence-corrected chi connectivity index (χ0v) is 12.0. The monoisotopic (exact) mass is 296 g/mol. The van der Waals surface area contributed by atoms with Crippen LogP contribution in [-0.4, -0.2) is 31.6 Å². The van der Waals surface area contributed by atoms with Crippen LogP contribution in [0.5, 0.6) is 0 Å². The lowest BCUT2D eigenvalue weighted by atomic mass is 10.1. The molecule has 0 bridgehead atoms. The summed E-state index contributed by atoms with van der Waals surface area (Å²) in [7, 11) is 1.30. The van der Waals surface area contributed by atoms with Gasteiger partial charge in [-0.1, -0.05) is 11.6 Å². The molecule has 1 amide bonds. The van der Waals surface area contributed by atoms with E-state index in [-0.39, 0.29) is 11.9 Å². The van der Waals surface area contributed by atoms with Crippen molar-refractivity contribution in [3.05, 3.63) is 28.8 Å². The summed E-state index contributed by atoms with van der Waals surface area (Å²) in [5.41, 5.74) is 0.678. The predicted molar refractivity (Wildman–Crippen MR) is 77.1 cm³/mol.